The van der Waals surface area contributed by atoms with Crippen LogP contribution in [0, 0.1) is 28.6 Å². The molecule has 0 spiro atoms. The second kappa shape index (κ2) is 6.72. The Morgan fingerprint density at radius 3 is 2.53 bits per heavy atom. The minimum Gasteiger partial charge on any atom is -0.316 e. The highest BCUT2D eigenvalue weighted by Crippen LogP contribution is 2.49. The van der Waals surface area contributed by atoms with Crippen LogP contribution in [0.25, 0.3) is 0 Å². The van der Waals surface area contributed by atoms with Gasteiger partial charge in [-0.05, 0) is 69.1 Å². The van der Waals surface area contributed by atoms with Gasteiger partial charge in [0.15, 0.2) is 0 Å². The molecule has 0 unspecified atom stereocenters. The van der Waals surface area contributed by atoms with Crippen molar-refractivity contribution in [2.24, 2.45) is 17.3 Å². The van der Waals surface area contributed by atoms with E-state index in [4.69, 9.17) is 5.26 Å². The molecule has 0 bridgehead atoms. The molecule has 0 amide bonds. The number of nitriles is 1. The predicted molar refractivity (Wildman–Crippen MR) is 78.8 cm³/mol. The number of nitrogens with zero attached hydrogens (tertiary/aromatic N) is 2. The molecule has 3 heteroatoms. The van der Waals surface area contributed by atoms with Gasteiger partial charge in [-0.1, -0.05) is 13.8 Å². The van der Waals surface area contributed by atoms with E-state index < -0.39 is 0 Å². The maximum atomic E-state index is 8.88. The Hall–Kier alpha value is -0.590. The Morgan fingerprint density at radius 2 is 2.00 bits per heavy atom. The number of likely N-dealkylation sites (tertiary alicyclic amines) is 1. The lowest BCUT2D eigenvalue weighted by molar-refractivity contribution is 0.152. The lowest BCUT2D eigenvalue weighted by Crippen LogP contribution is -2.40. The third-order valence-electron chi connectivity index (χ3n) is 4.66. The van der Waals surface area contributed by atoms with Crippen LogP contribution in [-0.4, -0.2) is 37.6 Å². The molecule has 19 heavy (non-hydrogen) atoms. The fourth-order valence-electron chi connectivity index (χ4n) is 3.13. The molecular formula is C16H29N3. The van der Waals surface area contributed by atoms with Crippen molar-refractivity contribution in [3.63, 3.8) is 0 Å². The van der Waals surface area contributed by atoms with Crippen molar-refractivity contribution in [3.05, 3.63) is 0 Å². The smallest absolute Gasteiger partial charge is 0.0628 e. The molecule has 2 fully saturated rings. The van der Waals surface area contributed by atoms with Crippen molar-refractivity contribution >= 4 is 0 Å². The zero-order valence-electron chi connectivity index (χ0n) is 12.6. The first-order valence-electron chi connectivity index (χ1n) is 7.93. The summed E-state index contributed by atoms with van der Waals surface area (Å²) in [6.07, 6.45) is 5.97. The molecule has 0 radical (unpaired) electrons. The predicted octanol–water partition coefficient (Wildman–Crippen LogP) is 2.64. The molecule has 1 aliphatic carbocycles. The topological polar surface area (TPSA) is 39.1 Å². The summed E-state index contributed by atoms with van der Waals surface area (Å²) in [4.78, 5) is 2.60. The molecule has 0 aromatic rings. The first kappa shape index (κ1) is 14.8. The molecule has 1 N–H and O–H groups in total. The summed E-state index contributed by atoms with van der Waals surface area (Å²) in [5, 5.41) is 12.5. The number of rotatable bonds is 7. The SMILES string of the molecule is CC(C)CNCC1CCN(CC2(CC#N)CC2)CC1. The summed E-state index contributed by atoms with van der Waals surface area (Å²) < 4.78 is 0. The maximum absolute atomic E-state index is 8.88. The minimum atomic E-state index is 0.386. The standard InChI is InChI=1S/C16H29N3/c1-14(2)11-18-12-15-3-9-19(10-4-15)13-16(5-6-16)7-8-17/h14-15,18H,3-7,9-13H2,1-2H3. The number of piperidine rings is 1. The quantitative estimate of drug-likeness (QED) is 0.767. The second-order valence-corrected chi connectivity index (χ2v) is 7.11. The van der Waals surface area contributed by atoms with E-state index in [1.54, 1.807) is 0 Å². The maximum Gasteiger partial charge on any atom is 0.0628 e. The summed E-state index contributed by atoms with van der Waals surface area (Å²) >= 11 is 0. The Kier molecular flexibility index (Phi) is 5.24. The second-order valence-electron chi connectivity index (χ2n) is 7.11. The third-order valence-corrected chi connectivity index (χ3v) is 4.66. The van der Waals surface area contributed by atoms with Gasteiger partial charge in [-0.3, -0.25) is 0 Å². The largest absolute Gasteiger partial charge is 0.316 e. The van der Waals surface area contributed by atoms with Gasteiger partial charge in [-0.2, -0.15) is 5.26 Å². The van der Waals surface area contributed by atoms with E-state index in [2.05, 4.69) is 30.1 Å². The van der Waals surface area contributed by atoms with E-state index in [1.807, 2.05) is 0 Å². The van der Waals surface area contributed by atoms with Gasteiger partial charge in [-0.25, -0.2) is 0 Å². The van der Waals surface area contributed by atoms with E-state index in [0.29, 0.717) is 5.41 Å². The lowest BCUT2D eigenvalue weighted by atomic mass is 9.94. The molecule has 0 atom stereocenters. The molecule has 1 saturated carbocycles. The minimum absolute atomic E-state index is 0.386. The molecule has 1 aliphatic heterocycles. The van der Waals surface area contributed by atoms with E-state index in [1.165, 1.54) is 51.9 Å². The molecule has 0 aromatic heterocycles. The molecule has 2 aliphatic rings. The van der Waals surface area contributed by atoms with Crippen molar-refractivity contribution in [3.8, 4) is 6.07 Å². The normalized spacial score (nSPS) is 23.5. The van der Waals surface area contributed by atoms with Crippen LogP contribution >= 0.6 is 0 Å². The Balaban J connectivity index is 1.61. The van der Waals surface area contributed by atoms with Gasteiger partial charge in [-0.15, -0.1) is 0 Å². The third kappa shape index (κ3) is 4.78. The highest BCUT2D eigenvalue weighted by atomic mass is 15.1. The van der Waals surface area contributed by atoms with Crippen LogP contribution in [0.5, 0.6) is 0 Å². The van der Waals surface area contributed by atoms with Gasteiger partial charge in [0, 0.05) is 13.0 Å². The first-order valence-corrected chi connectivity index (χ1v) is 7.93. The average Bonchev–Trinajstić information content (AvgIpc) is 3.11. The Morgan fingerprint density at radius 1 is 1.32 bits per heavy atom. The molecule has 1 saturated heterocycles. The Labute approximate surface area is 118 Å². The van der Waals surface area contributed by atoms with Gasteiger partial charge in [0.25, 0.3) is 0 Å². The van der Waals surface area contributed by atoms with E-state index in [0.717, 1.165) is 24.8 Å². The van der Waals surface area contributed by atoms with Gasteiger partial charge in [0.05, 0.1) is 6.07 Å². The monoisotopic (exact) mass is 263 g/mol. The molecule has 1 heterocycles. The lowest BCUT2D eigenvalue weighted by Gasteiger charge is -2.34. The van der Waals surface area contributed by atoms with Crippen LogP contribution in [0.1, 0.15) is 46.0 Å². The van der Waals surface area contributed by atoms with Crippen molar-refractivity contribution < 1.29 is 0 Å². The number of hydrogen-bond acceptors (Lipinski definition) is 3. The summed E-state index contributed by atoms with van der Waals surface area (Å²) in [6.45, 7) is 10.5. The van der Waals surface area contributed by atoms with Gasteiger partial charge in [0.2, 0.25) is 0 Å². The van der Waals surface area contributed by atoms with Crippen LogP contribution in [0.3, 0.4) is 0 Å². The highest BCUT2D eigenvalue weighted by molar-refractivity contribution is 5.01. The fourth-order valence-corrected chi connectivity index (χ4v) is 3.13. The first-order chi connectivity index (χ1) is 9.13. The van der Waals surface area contributed by atoms with Gasteiger partial charge in [0.1, 0.15) is 0 Å². The fraction of sp³-hybridized carbons (Fsp3) is 0.938. The highest BCUT2D eigenvalue weighted by Gasteiger charge is 2.43. The zero-order valence-corrected chi connectivity index (χ0v) is 12.6. The summed E-state index contributed by atoms with van der Waals surface area (Å²) in [7, 11) is 0. The van der Waals surface area contributed by atoms with Crippen molar-refractivity contribution in [1.29, 1.82) is 5.26 Å². The number of hydrogen-bond donors (Lipinski definition) is 1. The van der Waals surface area contributed by atoms with E-state index in [9.17, 15) is 0 Å². The van der Waals surface area contributed by atoms with Crippen LogP contribution in [0.15, 0.2) is 0 Å². The van der Waals surface area contributed by atoms with Crippen LogP contribution < -0.4 is 5.32 Å². The molecular weight excluding hydrogens is 234 g/mol. The van der Waals surface area contributed by atoms with Crippen molar-refractivity contribution in [1.82, 2.24) is 10.2 Å². The zero-order chi connectivity index (χ0) is 13.7. The van der Waals surface area contributed by atoms with Crippen LogP contribution in [-0.2, 0) is 0 Å². The van der Waals surface area contributed by atoms with Crippen LogP contribution in [0.2, 0.25) is 0 Å². The molecule has 2 rings (SSSR count). The van der Waals surface area contributed by atoms with Gasteiger partial charge < -0.3 is 10.2 Å². The summed E-state index contributed by atoms with van der Waals surface area (Å²) in [6, 6.07) is 2.37. The molecule has 108 valence electrons. The molecule has 3 nitrogen and oxygen atoms in total. The van der Waals surface area contributed by atoms with Crippen molar-refractivity contribution in [2.45, 2.75) is 46.0 Å². The number of nitrogens with one attached hydrogen (secondary N) is 1. The van der Waals surface area contributed by atoms with E-state index >= 15 is 0 Å². The van der Waals surface area contributed by atoms with Crippen molar-refractivity contribution in [2.75, 3.05) is 32.7 Å². The summed E-state index contributed by atoms with van der Waals surface area (Å²) in [5.74, 6) is 1.61. The average molecular weight is 263 g/mol. The van der Waals surface area contributed by atoms with Crippen LogP contribution in [0.4, 0.5) is 0 Å². The molecule has 0 aromatic carbocycles. The summed E-state index contributed by atoms with van der Waals surface area (Å²) in [5.41, 5.74) is 0.386. The van der Waals surface area contributed by atoms with Gasteiger partial charge >= 0.3 is 0 Å². The van der Waals surface area contributed by atoms with E-state index in [-0.39, 0.29) is 0 Å². The Bertz CT molecular complexity index is 306.